The van der Waals surface area contributed by atoms with Gasteiger partial charge in [-0.2, -0.15) is 0 Å². The lowest BCUT2D eigenvalue weighted by atomic mass is 10.2. The lowest BCUT2D eigenvalue weighted by molar-refractivity contribution is 0.122. The molecule has 1 aliphatic rings. The first kappa shape index (κ1) is 15.2. The van der Waals surface area contributed by atoms with Crippen LogP contribution in [0.25, 0.3) is 22.4 Å². The van der Waals surface area contributed by atoms with Crippen LogP contribution in [-0.4, -0.2) is 43.4 Å². The molecule has 24 heavy (non-hydrogen) atoms. The summed E-state index contributed by atoms with van der Waals surface area (Å²) in [5.74, 6) is 1.16. The summed E-state index contributed by atoms with van der Waals surface area (Å²) >= 11 is 6.21. The van der Waals surface area contributed by atoms with E-state index in [1.54, 1.807) is 13.3 Å². The van der Waals surface area contributed by atoms with Crippen LogP contribution in [0.3, 0.4) is 0 Å². The van der Waals surface area contributed by atoms with Crippen molar-refractivity contribution in [2.75, 3.05) is 38.3 Å². The van der Waals surface area contributed by atoms with Gasteiger partial charge >= 0.3 is 0 Å². The average molecular weight is 346 g/mol. The predicted molar refractivity (Wildman–Crippen MR) is 91.8 cm³/mol. The predicted octanol–water partition coefficient (Wildman–Crippen LogP) is 3.39. The molecule has 0 atom stereocenters. The maximum Gasteiger partial charge on any atom is 0.224 e. The Hall–Kier alpha value is -2.31. The molecule has 0 aromatic carbocycles. The molecule has 0 bridgehead atoms. The second-order valence-corrected chi connectivity index (χ2v) is 5.84. The summed E-state index contributed by atoms with van der Waals surface area (Å²) in [7, 11) is 1.59. The Morgan fingerprint density at radius 3 is 2.88 bits per heavy atom. The standard InChI is InChI=1S/C17H16ClN3O3/c1-22-17-11(3-2-4-19-17)14-9-12-16(24-14)13(10-15(18)20-12)21-5-7-23-8-6-21/h2-4,9-10H,5-8H2,1H3. The fraction of sp³-hybridized carbons (Fsp3) is 0.294. The van der Waals surface area contributed by atoms with E-state index in [0.29, 0.717) is 41.1 Å². The van der Waals surface area contributed by atoms with Crippen molar-refractivity contribution in [2.45, 2.75) is 0 Å². The van der Waals surface area contributed by atoms with Crippen LogP contribution in [0.4, 0.5) is 5.69 Å². The molecule has 7 heteroatoms. The van der Waals surface area contributed by atoms with E-state index in [1.165, 1.54) is 0 Å². The molecule has 0 aliphatic carbocycles. The molecule has 1 fully saturated rings. The number of methoxy groups -OCH3 is 1. The summed E-state index contributed by atoms with van der Waals surface area (Å²) in [6.45, 7) is 2.96. The van der Waals surface area contributed by atoms with Crippen LogP contribution in [0.5, 0.6) is 5.88 Å². The van der Waals surface area contributed by atoms with Crippen LogP contribution in [-0.2, 0) is 4.74 Å². The largest absolute Gasteiger partial charge is 0.480 e. The molecule has 1 aliphatic heterocycles. The third-order valence-corrected chi connectivity index (χ3v) is 4.20. The summed E-state index contributed by atoms with van der Waals surface area (Å²) in [6, 6.07) is 7.45. The van der Waals surface area contributed by atoms with Crippen molar-refractivity contribution < 1.29 is 13.9 Å². The van der Waals surface area contributed by atoms with E-state index in [9.17, 15) is 0 Å². The molecule has 4 heterocycles. The second kappa shape index (κ2) is 6.30. The zero-order valence-electron chi connectivity index (χ0n) is 13.2. The molecule has 0 radical (unpaired) electrons. The van der Waals surface area contributed by atoms with Gasteiger partial charge in [0.15, 0.2) is 5.58 Å². The summed E-state index contributed by atoms with van der Waals surface area (Å²) in [5.41, 5.74) is 3.14. The molecule has 3 aromatic rings. The molecule has 1 saturated heterocycles. The van der Waals surface area contributed by atoms with E-state index >= 15 is 0 Å². The van der Waals surface area contributed by atoms with Crippen molar-refractivity contribution in [1.29, 1.82) is 0 Å². The van der Waals surface area contributed by atoms with Crippen molar-refractivity contribution in [3.8, 4) is 17.2 Å². The van der Waals surface area contributed by atoms with Gasteiger partial charge in [-0.25, -0.2) is 9.97 Å². The van der Waals surface area contributed by atoms with E-state index in [4.69, 9.17) is 25.5 Å². The number of morpholine rings is 1. The van der Waals surface area contributed by atoms with Gasteiger partial charge in [-0.15, -0.1) is 0 Å². The van der Waals surface area contributed by atoms with E-state index < -0.39 is 0 Å². The van der Waals surface area contributed by atoms with Crippen molar-refractivity contribution >= 4 is 28.4 Å². The van der Waals surface area contributed by atoms with E-state index in [0.717, 1.165) is 24.3 Å². The molecule has 124 valence electrons. The number of fused-ring (bicyclic) bond motifs is 1. The first-order valence-electron chi connectivity index (χ1n) is 7.68. The Morgan fingerprint density at radius 2 is 2.08 bits per heavy atom. The maximum atomic E-state index is 6.21. The molecule has 0 amide bonds. The van der Waals surface area contributed by atoms with Crippen LogP contribution in [0.15, 0.2) is 34.9 Å². The average Bonchev–Trinajstić information content (AvgIpc) is 3.05. The van der Waals surface area contributed by atoms with Gasteiger partial charge in [0.05, 0.1) is 31.6 Å². The number of halogens is 1. The van der Waals surface area contributed by atoms with E-state index in [2.05, 4.69) is 14.9 Å². The normalized spacial score (nSPS) is 15.0. The Kier molecular flexibility index (Phi) is 4.00. The second-order valence-electron chi connectivity index (χ2n) is 5.45. The zero-order valence-corrected chi connectivity index (χ0v) is 13.9. The summed E-state index contributed by atoms with van der Waals surface area (Å²) in [4.78, 5) is 10.8. The van der Waals surface area contributed by atoms with Crippen LogP contribution in [0, 0.1) is 0 Å². The Balaban J connectivity index is 1.85. The molecule has 4 rings (SSSR count). The van der Waals surface area contributed by atoms with E-state index in [-0.39, 0.29) is 0 Å². The number of ether oxygens (including phenoxy) is 2. The van der Waals surface area contributed by atoms with Gasteiger partial charge in [0, 0.05) is 31.4 Å². The molecule has 0 saturated carbocycles. The zero-order chi connectivity index (χ0) is 16.5. The topological polar surface area (TPSA) is 60.6 Å². The first-order chi connectivity index (χ1) is 11.8. The third-order valence-electron chi connectivity index (χ3n) is 4.01. The fourth-order valence-corrected chi connectivity index (χ4v) is 3.08. The summed E-state index contributed by atoms with van der Waals surface area (Å²) in [5, 5.41) is 0.439. The maximum absolute atomic E-state index is 6.21. The van der Waals surface area contributed by atoms with Gasteiger partial charge in [0.25, 0.3) is 0 Å². The van der Waals surface area contributed by atoms with Crippen LogP contribution < -0.4 is 9.64 Å². The minimum absolute atomic E-state index is 0.439. The number of hydrogen-bond acceptors (Lipinski definition) is 6. The van der Waals surface area contributed by atoms with Crippen LogP contribution in [0.1, 0.15) is 0 Å². The van der Waals surface area contributed by atoms with Crippen molar-refractivity contribution in [3.63, 3.8) is 0 Å². The van der Waals surface area contributed by atoms with Gasteiger partial charge in [-0.1, -0.05) is 11.6 Å². The first-order valence-corrected chi connectivity index (χ1v) is 8.06. The SMILES string of the molecule is COc1ncccc1-c1cc2nc(Cl)cc(N3CCOCC3)c2o1. The third kappa shape index (κ3) is 2.68. The Labute approximate surface area is 144 Å². The molecule has 0 spiro atoms. The van der Waals surface area contributed by atoms with E-state index in [1.807, 2.05) is 24.3 Å². The minimum atomic E-state index is 0.439. The number of anilines is 1. The van der Waals surface area contributed by atoms with Crippen molar-refractivity contribution in [1.82, 2.24) is 9.97 Å². The molecule has 3 aromatic heterocycles. The summed E-state index contributed by atoms with van der Waals surface area (Å²) in [6.07, 6.45) is 1.68. The van der Waals surface area contributed by atoms with Crippen LogP contribution in [0.2, 0.25) is 5.15 Å². The number of furan rings is 1. The van der Waals surface area contributed by atoms with Crippen molar-refractivity contribution in [2.24, 2.45) is 0 Å². The van der Waals surface area contributed by atoms with Crippen LogP contribution >= 0.6 is 11.6 Å². The highest BCUT2D eigenvalue weighted by Gasteiger charge is 2.20. The van der Waals surface area contributed by atoms with Gasteiger partial charge in [-0.05, 0) is 12.1 Å². The molecule has 0 N–H and O–H groups in total. The number of pyridine rings is 2. The minimum Gasteiger partial charge on any atom is -0.480 e. The van der Waals surface area contributed by atoms with Crippen molar-refractivity contribution in [3.05, 3.63) is 35.6 Å². The number of rotatable bonds is 3. The van der Waals surface area contributed by atoms with Gasteiger partial charge < -0.3 is 18.8 Å². The van der Waals surface area contributed by atoms with Gasteiger partial charge in [0.2, 0.25) is 5.88 Å². The highest BCUT2D eigenvalue weighted by Crippen LogP contribution is 2.37. The quantitative estimate of drug-likeness (QED) is 0.678. The number of hydrogen-bond donors (Lipinski definition) is 0. The lowest BCUT2D eigenvalue weighted by Crippen LogP contribution is -2.36. The Morgan fingerprint density at radius 1 is 1.25 bits per heavy atom. The number of aromatic nitrogens is 2. The van der Waals surface area contributed by atoms with Gasteiger partial charge in [-0.3, -0.25) is 0 Å². The van der Waals surface area contributed by atoms with Gasteiger partial charge in [0.1, 0.15) is 16.4 Å². The molecular weight excluding hydrogens is 330 g/mol. The monoisotopic (exact) mass is 345 g/mol. The number of nitrogens with zero attached hydrogens (tertiary/aromatic N) is 3. The summed E-state index contributed by atoms with van der Waals surface area (Å²) < 4.78 is 16.9. The highest BCUT2D eigenvalue weighted by molar-refractivity contribution is 6.30. The Bertz CT molecular complexity index is 875. The fourth-order valence-electron chi connectivity index (χ4n) is 2.89. The molecule has 0 unspecified atom stereocenters. The smallest absolute Gasteiger partial charge is 0.224 e. The highest BCUT2D eigenvalue weighted by atomic mass is 35.5. The molecule has 6 nitrogen and oxygen atoms in total. The molecular formula is C17H16ClN3O3. The lowest BCUT2D eigenvalue weighted by Gasteiger charge is -2.28.